The summed E-state index contributed by atoms with van der Waals surface area (Å²) in [6.07, 6.45) is 4.58. The number of rotatable bonds is 4. The maximum absolute atomic E-state index is 12.1. The Hall–Kier alpha value is -2.04. The standard InChI is InChI=1S/C16H22N2O3/c1-13(17-20)14-6-8-15(9-7-14)21-12-16(19)18-10-4-2-3-5-11-18/h6-9,20H,2-5,10-12H2,1H3. The van der Waals surface area contributed by atoms with Crippen LogP contribution in [0.1, 0.15) is 38.2 Å². The van der Waals surface area contributed by atoms with Crippen molar-refractivity contribution in [2.45, 2.75) is 32.6 Å². The van der Waals surface area contributed by atoms with Gasteiger partial charge < -0.3 is 14.8 Å². The summed E-state index contributed by atoms with van der Waals surface area (Å²) < 4.78 is 5.54. The lowest BCUT2D eigenvalue weighted by molar-refractivity contribution is -0.133. The number of benzene rings is 1. The summed E-state index contributed by atoms with van der Waals surface area (Å²) in [5.74, 6) is 0.696. The highest BCUT2D eigenvalue weighted by atomic mass is 16.5. The van der Waals surface area contributed by atoms with Gasteiger partial charge in [0.05, 0.1) is 5.71 Å². The van der Waals surface area contributed by atoms with Crippen LogP contribution in [0.3, 0.4) is 0 Å². The minimum Gasteiger partial charge on any atom is -0.484 e. The molecule has 5 nitrogen and oxygen atoms in total. The number of nitrogens with zero attached hydrogens (tertiary/aromatic N) is 2. The number of hydrogen-bond acceptors (Lipinski definition) is 4. The molecule has 0 unspecified atom stereocenters. The van der Waals surface area contributed by atoms with Gasteiger partial charge >= 0.3 is 0 Å². The Balaban J connectivity index is 1.86. The van der Waals surface area contributed by atoms with E-state index in [9.17, 15) is 4.79 Å². The number of oxime groups is 1. The Morgan fingerprint density at radius 3 is 2.38 bits per heavy atom. The van der Waals surface area contributed by atoms with Crippen LogP contribution in [0.2, 0.25) is 0 Å². The Morgan fingerprint density at radius 1 is 1.19 bits per heavy atom. The third kappa shape index (κ3) is 4.48. The molecule has 1 aliphatic heterocycles. The van der Waals surface area contributed by atoms with Gasteiger partial charge in [0.15, 0.2) is 6.61 Å². The van der Waals surface area contributed by atoms with Crippen LogP contribution in [-0.4, -0.2) is 41.4 Å². The minimum absolute atomic E-state index is 0.0501. The number of hydrogen-bond donors (Lipinski definition) is 1. The molecule has 1 aromatic carbocycles. The lowest BCUT2D eigenvalue weighted by atomic mass is 10.1. The maximum Gasteiger partial charge on any atom is 0.260 e. The lowest BCUT2D eigenvalue weighted by Crippen LogP contribution is -2.35. The topological polar surface area (TPSA) is 62.1 Å². The van der Waals surface area contributed by atoms with E-state index in [4.69, 9.17) is 9.94 Å². The summed E-state index contributed by atoms with van der Waals surface area (Å²) in [7, 11) is 0. The van der Waals surface area contributed by atoms with Gasteiger partial charge in [-0.3, -0.25) is 4.79 Å². The zero-order valence-corrected chi connectivity index (χ0v) is 12.4. The molecule has 1 amide bonds. The molecule has 0 bridgehead atoms. The largest absolute Gasteiger partial charge is 0.484 e. The molecule has 21 heavy (non-hydrogen) atoms. The van der Waals surface area contributed by atoms with Crippen LogP contribution in [-0.2, 0) is 4.79 Å². The van der Waals surface area contributed by atoms with Gasteiger partial charge in [0.25, 0.3) is 5.91 Å². The second-order valence-corrected chi connectivity index (χ2v) is 5.29. The Kier molecular flexibility index (Phi) is 5.60. The predicted molar refractivity (Wildman–Crippen MR) is 81.0 cm³/mol. The van der Waals surface area contributed by atoms with E-state index in [0.29, 0.717) is 11.5 Å². The van der Waals surface area contributed by atoms with Crippen LogP contribution >= 0.6 is 0 Å². The average Bonchev–Trinajstić information content (AvgIpc) is 2.81. The monoisotopic (exact) mass is 290 g/mol. The Bertz CT molecular complexity index is 489. The van der Waals surface area contributed by atoms with Gasteiger partial charge in [-0.1, -0.05) is 18.0 Å². The van der Waals surface area contributed by atoms with Gasteiger partial charge in [-0.2, -0.15) is 0 Å². The zero-order chi connectivity index (χ0) is 15.1. The zero-order valence-electron chi connectivity index (χ0n) is 12.4. The van der Waals surface area contributed by atoms with Crippen LogP contribution in [0, 0.1) is 0 Å². The highest BCUT2D eigenvalue weighted by Gasteiger charge is 2.15. The van der Waals surface area contributed by atoms with E-state index in [-0.39, 0.29) is 12.5 Å². The molecule has 1 N–H and O–H groups in total. The van der Waals surface area contributed by atoms with Crippen LogP contribution in [0.25, 0.3) is 0 Å². The summed E-state index contributed by atoms with van der Waals surface area (Å²) in [5, 5.41) is 11.9. The molecule has 0 atom stereocenters. The van der Waals surface area contributed by atoms with Crippen LogP contribution < -0.4 is 4.74 Å². The minimum atomic E-state index is 0.0501. The summed E-state index contributed by atoms with van der Waals surface area (Å²) in [6.45, 7) is 3.48. The Morgan fingerprint density at radius 2 is 1.81 bits per heavy atom. The van der Waals surface area contributed by atoms with E-state index in [2.05, 4.69) is 5.16 Å². The van der Waals surface area contributed by atoms with Crippen molar-refractivity contribution >= 4 is 11.6 Å². The molecule has 114 valence electrons. The molecule has 1 saturated heterocycles. The van der Waals surface area contributed by atoms with Crippen molar-refractivity contribution in [3.63, 3.8) is 0 Å². The first kappa shape index (κ1) is 15.4. The SMILES string of the molecule is CC(=NO)c1ccc(OCC(=O)N2CCCCCC2)cc1. The molecule has 0 saturated carbocycles. The van der Waals surface area contributed by atoms with Crippen molar-refractivity contribution < 1.29 is 14.7 Å². The van der Waals surface area contributed by atoms with E-state index in [1.54, 1.807) is 31.2 Å². The molecule has 1 fully saturated rings. The molecule has 1 aromatic rings. The van der Waals surface area contributed by atoms with Crippen molar-refractivity contribution in [3.05, 3.63) is 29.8 Å². The summed E-state index contributed by atoms with van der Waals surface area (Å²) in [4.78, 5) is 14.0. The average molecular weight is 290 g/mol. The fraction of sp³-hybridized carbons (Fsp3) is 0.500. The molecule has 0 aromatic heterocycles. The molecule has 1 aliphatic rings. The fourth-order valence-corrected chi connectivity index (χ4v) is 2.41. The summed E-state index contributed by atoms with van der Waals surface area (Å²) >= 11 is 0. The van der Waals surface area contributed by atoms with Crippen LogP contribution in [0.15, 0.2) is 29.4 Å². The van der Waals surface area contributed by atoms with Crippen LogP contribution in [0.5, 0.6) is 5.75 Å². The number of carbonyl (C=O) groups excluding carboxylic acids is 1. The molecule has 1 heterocycles. The van der Waals surface area contributed by atoms with Crippen LogP contribution in [0.4, 0.5) is 0 Å². The fourth-order valence-electron chi connectivity index (χ4n) is 2.41. The lowest BCUT2D eigenvalue weighted by Gasteiger charge is -2.20. The summed E-state index contributed by atoms with van der Waals surface area (Å²) in [6, 6.07) is 7.17. The smallest absolute Gasteiger partial charge is 0.260 e. The van der Waals surface area contributed by atoms with Crippen molar-refractivity contribution in [2.24, 2.45) is 5.16 Å². The van der Waals surface area contributed by atoms with E-state index < -0.39 is 0 Å². The van der Waals surface area contributed by atoms with Crippen molar-refractivity contribution in [2.75, 3.05) is 19.7 Å². The maximum atomic E-state index is 12.1. The highest BCUT2D eigenvalue weighted by Crippen LogP contribution is 2.14. The van der Waals surface area contributed by atoms with Crippen molar-refractivity contribution in [1.82, 2.24) is 4.90 Å². The number of ether oxygens (including phenoxy) is 1. The molecule has 5 heteroatoms. The molecule has 0 spiro atoms. The van der Waals surface area contributed by atoms with E-state index in [0.717, 1.165) is 31.5 Å². The number of carbonyl (C=O) groups is 1. The molecule has 0 radical (unpaired) electrons. The van der Waals surface area contributed by atoms with Gasteiger partial charge in [0.2, 0.25) is 0 Å². The second kappa shape index (κ2) is 7.67. The Labute approximate surface area is 125 Å². The van der Waals surface area contributed by atoms with Gasteiger partial charge in [0, 0.05) is 13.1 Å². The van der Waals surface area contributed by atoms with E-state index >= 15 is 0 Å². The molecular formula is C16H22N2O3. The molecule has 0 aliphatic carbocycles. The first-order valence-corrected chi connectivity index (χ1v) is 7.40. The van der Waals surface area contributed by atoms with Crippen molar-refractivity contribution in [1.29, 1.82) is 0 Å². The first-order chi connectivity index (χ1) is 10.2. The van der Waals surface area contributed by atoms with Gasteiger partial charge in [-0.05, 0) is 49.6 Å². The van der Waals surface area contributed by atoms with Gasteiger partial charge in [-0.25, -0.2) is 0 Å². The van der Waals surface area contributed by atoms with E-state index in [1.807, 2.05) is 4.90 Å². The van der Waals surface area contributed by atoms with Gasteiger partial charge in [-0.15, -0.1) is 0 Å². The number of amides is 1. The van der Waals surface area contributed by atoms with E-state index in [1.165, 1.54) is 12.8 Å². The predicted octanol–water partition coefficient (Wildman–Crippen LogP) is 2.67. The third-order valence-corrected chi connectivity index (χ3v) is 3.74. The molecule has 2 rings (SSSR count). The first-order valence-electron chi connectivity index (χ1n) is 7.40. The van der Waals surface area contributed by atoms with Crippen molar-refractivity contribution in [3.8, 4) is 5.75 Å². The third-order valence-electron chi connectivity index (χ3n) is 3.74. The second-order valence-electron chi connectivity index (χ2n) is 5.29. The molecular weight excluding hydrogens is 268 g/mol. The van der Waals surface area contributed by atoms with Gasteiger partial charge in [0.1, 0.15) is 5.75 Å². The quantitative estimate of drug-likeness (QED) is 0.527. The number of likely N-dealkylation sites (tertiary alicyclic amines) is 1. The normalized spacial score (nSPS) is 16.4. The highest BCUT2D eigenvalue weighted by molar-refractivity contribution is 5.98. The summed E-state index contributed by atoms with van der Waals surface area (Å²) in [5.41, 5.74) is 1.37.